The molecule has 1 fully saturated rings. The van der Waals surface area contributed by atoms with Crippen molar-refractivity contribution in [3.63, 3.8) is 0 Å². The topological polar surface area (TPSA) is 114 Å². The summed E-state index contributed by atoms with van der Waals surface area (Å²) in [5.74, 6) is -2.51. The molecule has 1 heterocycles. The van der Waals surface area contributed by atoms with Crippen molar-refractivity contribution < 1.29 is 42.9 Å². The summed E-state index contributed by atoms with van der Waals surface area (Å²) in [6.45, 7) is 4.56. The number of ether oxygens (including phenoxy) is 5. The van der Waals surface area contributed by atoms with E-state index in [9.17, 15) is 19.2 Å². The van der Waals surface area contributed by atoms with Crippen LogP contribution in [0.15, 0.2) is 35.2 Å². The number of hydrogen-bond donors (Lipinski definition) is 0. The number of rotatable bonds is 7. The molecule has 0 spiro atoms. The van der Waals surface area contributed by atoms with Crippen molar-refractivity contribution in [3.05, 3.63) is 30.3 Å². The monoisotopic (exact) mass is 440 g/mol. The summed E-state index contributed by atoms with van der Waals surface area (Å²) in [4.78, 5) is 47.3. The van der Waals surface area contributed by atoms with Crippen LogP contribution in [0.25, 0.3) is 0 Å². The minimum Gasteiger partial charge on any atom is -0.463 e. The molecule has 1 aromatic carbocycles. The lowest BCUT2D eigenvalue weighted by Crippen LogP contribution is -2.61. The second kappa shape index (κ2) is 11.0. The highest BCUT2D eigenvalue weighted by Gasteiger charge is 2.52. The Labute approximate surface area is 178 Å². The maximum Gasteiger partial charge on any atom is 0.303 e. The maximum absolute atomic E-state index is 11.8. The third-order valence-corrected chi connectivity index (χ3v) is 5.10. The Morgan fingerprint density at radius 1 is 0.800 bits per heavy atom. The summed E-state index contributed by atoms with van der Waals surface area (Å²) < 4.78 is 27.2. The van der Waals surface area contributed by atoms with Gasteiger partial charge in [0, 0.05) is 32.6 Å². The van der Waals surface area contributed by atoms with E-state index in [2.05, 4.69) is 0 Å². The highest BCUT2D eigenvalue weighted by molar-refractivity contribution is 7.99. The van der Waals surface area contributed by atoms with E-state index in [1.165, 1.54) is 39.5 Å². The SMILES string of the molecule is CC(=O)OC[C@H]1O[C@H](Sc2ccccc2)[C@H](OC(C)=O)[C@@H](OC(C)=O)[C@@H]1OC(C)=O. The van der Waals surface area contributed by atoms with Gasteiger partial charge < -0.3 is 23.7 Å². The van der Waals surface area contributed by atoms with Crippen LogP contribution in [0.2, 0.25) is 0 Å². The summed E-state index contributed by atoms with van der Waals surface area (Å²) in [5.41, 5.74) is -0.826. The van der Waals surface area contributed by atoms with Gasteiger partial charge in [-0.15, -0.1) is 0 Å². The fourth-order valence-corrected chi connectivity index (χ4v) is 4.04. The lowest BCUT2D eigenvalue weighted by atomic mass is 9.99. The molecule has 0 aromatic heterocycles. The molecule has 1 aliphatic rings. The Balaban J connectivity index is 2.42. The third kappa shape index (κ3) is 7.03. The molecule has 164 valence electrons. The van der Waals surface area contributed by atoms with E-state index in [4.69, 9.17) is 23.7 Å². The molecule has 0 saturated carbocycles. The van der Waals surface area contributed by atoms with E-state index < -0.39 is 53.7 Å². The summed E-state index contributed by atoms with van der Waals surface area (Å²) in [6.07, 6.45) is -4.33. The van der Waals surface area contributed by atoms with E-state index in [1.54, 1.807) is 0 Å². The number of hydrogen-bond acceptors (Lipinski definition) is 10. The summed E-state index contributed by atoms with van der Waals surface area (Å²) in [7, 11) is 0. The summed E-state index contributed by atoms with van der Waals surface area (Å²) in [5, 5.41) is 0. The van der Waals surface area contributed by atoms with Crippen LogP contribution in [-0.4, -0.2) is 60.3 Å². The highest BCUT2D eigenvalue weighted by atomic mass is 32.2. The molecule has 0 radical (unpaired) electrons. The first kappa shape index (κ1) is 23.7. The third-order valence-electron chi connectivity index (χ3n) is 3.94. The van der Waals surface area contributed by atoms with Crippen molar-refractivity contribution in [2.75, 3.05) is 6.61 Å². The predicted octanol–water partition coefficient (Wildman–Crippen LogP) is 1.86. The highest BCUT2D eigenvalue weighted by Crippen LogP contribution is 2.37. The first-order chi connectivity index (χ1) is 14.2. The molecule has 2 rings (SSSR count). The fourth-order valence-electron chi connectivity index (χ4n) is 2.92. The van der Waals surface area contributed by atoms with Gasteiger partial charge >= 0.3 is 23.9 Å². The zero-order chi connectivity index (χ0) is 22.3. The molecule has 5 atom stereocenters. The van der Waals surface area contributed by atoms with Crippen LogP contribution in [0.5, 0.6) is 0 Å². The first-order valence-electron chi connectivity index (χ1n) is 9.19. The minimum absolute atomic E-state index is 0.246. The molecule has 1 aliphatic heterocycles. The van der Waals surface area contributed by atoms with Crippen molar-refractivity contribution in [2.45, 2.75) is 62.4 Å². The number of carbonyl (C=O) groups is 4. The van der Waals surface area contributed by atoms with Crippen LogP contribution in [0.4, 0.5) is 0 Å². The van der Waals surface area contributed by atoms with Crippen LogP contribution in [0, 0.1) is 0 Å². The van der Waals surface area contributed by atoms with Gasteiger partial charge in [-0.05, 0) is 12.1 Å². The van der Waals surface area contributed by atoms with E-state index in [0.29, 0.717) is 0 Å². The quantitative estimate of drug-likeness (QED) is 0.460. The standard InChI is InChI=1S/C20H24O9S/c1-11(21)25-10-16-17(26-12(2)22)18(27-13(3)23)19(28-14(4)24)20(29-16)30-15-8-6-5-7-9-15/h5-9,16-20H,10H2,1-4H3/t16-,17-,18+,19-,20-/m1/s1. The maximum atomic E-state index is 11.8. The minimum atomic E-state index is -1.16. The van der Waals surface area contributed by atoms with Crippen LogP contribution < -0.4 is 0 Å². The average molecular weight is 440 g/mol. The molecule has 0 unspecified atom stereocenters. The van der Waals surface area contributed by atoms with Gasteiger partial charge in [0.15, 0.2) is 18.3 Å². The van der Waals surface area contributed by atoms with Crippen molar-refractivity contribution in [1.29, 1.82) is 0 Å². The first-order valence-corrected chi connectivity index (χ1v) is 10.1. The smallest absolute Gasteiger partial charge is 0.303 e. The molecule has 0 N–H and O–H groups in total. The van der Waals surface area contributed by atoms with Gasteiger partial charge in [-0.3, -0.25) is 19.2 Å². The summed E-state index contributed by atoms with van der Waals surface area (Å²) in [6, 6.07) is 9.16. The lowest BCUT2D eigenvalue weighted by Gasteiger charge is -2.44. The molecule has 10 heteroatoms. The largest absolute Gasteiger partial charge is 0.463 e. The van der Waals surface area contributed by atoms with E-state index in [-0.39, 0.29) is 6.61 Å². The van der Waals surface area contributed by atoms with Gasteiger partial charge in [-0.1, -0.05) is 30.0 Å². The Kier molecular flexibility index (Phi) is 8.67. The van der Waals surface area contributed by atoms with Crippen LogP contribution >= 0.6 is 11.8 Å². The van der Waals surface area contributed by atoms with Gasteiger partial charge in [0.05, 0.1) is 0 Å². The van der Waals surface area contributed by atoms with Crippen molar-refractivity contribution in [2.24, 2.45) is 0 Å². The van der Waals surface area contributed by atoms with Crippen LogP contribution in [0.3, 0.4) is 0 Å². The number of benzene rings is 1. The van der Waals surface area contributed by atoms with Crippen LogP contribution in [-0.2, 0) is 42.9 Å². The normalized spacial score (nSPS) is 25.7. The molecule has 30 heavy (non-hydrogen) atoms. The van der Waals surface area contributed by atoms with Gasteiger partial charge in [-0.25, -0.2) is 0 Å². The van der Waals surface area contributed by atoms with Crippen molar-refractivity contribution in [3.8, 4) is 0 Å². The molecule has 0 aliphatic carbocycles. The van der Waals surface area contributed by atoms with Gasteiger partial charge in [0.25, 0.3) is 0 Å². The van der Waals surface area contributed by atoms with Gasteiger partial charge in [0.2, 0.25) is 0 Å². The average Bonchev–Trinajstić information content (AvgIpc) is 2.64. The predicted molar refractivity (Wildman–Crippen MR) is 104 cm³/mol. The van der Waals surface area contributed by atoms with Gasteiger partial charge in [-0.2, -0.15) is 0 Å². The second-order valence-corrected chi connectivity index (χ2v) is 7.67. The Morgan fingerprint density at radius 2 is 1.33 bits per heavy atom. The Hall–Kier alpha value is -2.59. The number of esters is 4. The Morgan fingerprint density at radius 3 is 1.87 bits per heavy atom. The zero-order valence-electron chi connectivity index (χ0n) is 17.1. The molecular weight excluding hydrogens is 416 g/mol. The van der Waals surface area contributed by atoms with E-state index >= 15 is 0 Å². The lowest BCUT2D eigenvalue weighted by molar-refractivity contribution is -0.237. The number of carbonyl (C=O) groups excluding carboxylic acids is 4. The molecule has 1 saturated heterocycles. The molecule has 0 bridgehead atoms. The fraction of sp³-hybridized carbons (Fsp3) is 0.500. The van der Waals surface area contributed by atoms with Crippen LogP contribution in [0.1, 0.15) is 27.7 Å². The number of thioether (sulfide) groups is 1. The Bertz CT molecular complexity index is 767. The zero-order valence-corrected chi connectivity index (χ0v) is 17.9. The molecular formula is C20H24O9S. The van der Waals surface area contributed by atoms with E-state index in [1.807, 2.05) is 30.3 Å². The molecule has 1 aromatic rings. The van der Waals surface area contributed by atoms with Gasteiger partial charge in [0.1, 0.15) is 18.1 Å². The van der Waals surface area contributed by atoms with E-state index in [0.717, 1.165) is 4.90 Å². The molecule has 0 amide bonds. The van der Waals surface area contributed by atoms with Crippen molar-refractivity contribution >= 4 is 35.6 Å². The summed E-state index contributed by atoms with van der Waals surface area (Å²) >= 11 is 1.23. The van der Waals surface area contributed by atoms with Crippen molar-refractivity contribution in [1.82, 2.24) is 0 Å². The molecule has 9 nitrogen and oxygen atoms in total. The second-order valence-electron chi connectivity index (χ2n) is 6.50.